The lowest BCUT2D eigenvalue weighted by molar-refractivity contribution is -0.106. The first kappa shape index (κ1) is 13.2. The van der Waals surface area contributed by atoms with Crippen molar-refractivity contribution in [2.75, 3.05) is 4.90 Å². The highest BCUT2D eigenvalue weighted by molar-refractivity contribution is 6.04. The van der Waals surface area contributed by atoms with Gasteiger partial charge in [-0.15, -0.1) is 0 Å². The lowest BCUT2D eigenvalue weighted by Crippen LogP contribution is -2.14. The Kier molecular flexibility index (Phi) is 3.32. The summed E-state index contributed by atoms with van der Waals surface area (Å²) in [7, 11) is 0. The fourth-order valence-electron chi connectivity index (χ4n) is 2.44. The predicted molar refractivity (Wildman–Crippen MR) is 85.0 cm³/mol. The number of carbonyl (C=O) groups is 1. The number of benzene rings is 3. The molecule has 0 saturated carbocycles. The first-order valence-electron chi connectivity index (χ1n) is 6.72. The number of phenols is 1. The second kappa shape index (κ2) is 5.29. The van der Waals surface area contributed by atoms with Gasteiger partial charge in [0.2, 0.25) is 6.41 Å². The standard InChI is InChI=1S/C18H15NO2/c1-13-6-9-15(10-7-13)19(12-20)18-16-5-3-2-4-14(16)8-11-17(18)21/h2-12,21H,1H3. The van der Waals surface area contributed by atoms with E-state index in [2.05, 4.69) is 0 Å². The quantitative estimate of drug-likeness (QED) is 0.731. The summed E-state index contributed by atoms with van der Waals surface area (Å²) >= 11 is 0. The number of aromatic hydroxyl groups is 1. The van der Waals surface area contributed by atoms with Crippen LogP contribution in [0.4, 0.5) is 11.4 Å². The Morgan fingerprint density at radius 1 is 0.952 bits per heavy atom. The van der Waals surface area contributed by atoms with Crippen LogP contribution in [0.3, 0.4) is 0 Å². The van der Waals surface area contributed by atoms with Crippen LogP contribution in [0, 0.1) is 6.92 Å². The average Bonchev–Trinajstić information content (AvgIpc) is 2.52. The molecule has 1 N–H and O–H groups in total. The number of amides is 1. The van der Waals surface area contributed by atoms with E-state index in [1.807, 2.05) is 61.5 Å². The summed E-state index contributed by atoms with van der Waals surface area (Å²) in [6, 6.07) is 18.7. The second-order valence-electron chi connectivity index (χ2n) is 4.97. The van der Waals surface area contributed by atoms with E-state index in [0.717, 1.165) is 28.4 Å². The maximum atomic E-state index is 11.6. The van der Waals surface area contributed by atoms with Crippen molar-refractivity contribution in [2.24, 2.45) is 0 Å². The van der Waals surface area contributed by atoms with Crippen LogP contribution in [0.2, 0.25) is 0 Å². The van der Waals surface area contributed by atoms with Gasteiger partial charge in [-0.05, 0) is 30.5 Å². The van der Waals surface area contributed by atoms with E-state index in [4.69, 9.17) is 0 Å². The van der Waals surface area contributed by atoms with E-state index in [-0.39, 0.29) is 5.75 Å². The summed E-state index contributed by atoms with van der Waals surface area (Å²) in [5.74, 6) is 0.0846. The van der Waals surface area contributed by atoms with Crippen LogP contribution in [0.5, 0.6) is 5.75 Å². The minimum atomic E-state index is 0.0846. The monoisotopic (exact) mass is 277 g/mol. The Morgan fingerprint density at radius 3 is 2.38 bits per heavy atom. The number of rotatable bonds is 3. The molecule has 0 aliphatic rings. The maximum Gasteiger partial charge on any atom is 0.218 e. The Morgan fingerprint density at radius 2 is 1.67 bits per heavy atom. The molecular weight excluding hydrogens is 262 g/mol. The van der Waals surface area contributed by atoms with Crippen LogP contribution in [0.25, 0.3) is 10.8 Å². The lowest BCUT2D eigenvalue weighted by atomic mass is 10.1. The Labute approximate surface area is 123 Å². The van der Waals surface area contributed by atoms with Gasteiger partial charge in [-0.1, -0.05) is 48.0 Å². The molecule has 104 valence electrons. The van der Waals surface area contributed by atoms with Crippen molar-refractivity contribution in [2.45, 2.75) is 6.92 Å². The molecule has 3 aromatic rings. The number of hydrogen-bond acceptors (Lipinski definition) is 2. The van der Waals surface area contributed by atoms with Gasteiger partial charge >= 0.3 is 0 Å². The van der Waals surface area contributed by atoms with Gasteiger partial charge in [0.15, 0.2) is 0 Å². The van der Waals surface area contributed by atoms with Crippen molar-refractivity contribution in [1.29, 1.82) is 0 Å². The largest absolute Gasteiger partial charge is 0.506 e. The van der Waals surface area contributed by atoms with Crippen LogP contribution in [-0.2, 0) is 4.79 Å². The molecule has 3 heteroatoms. The molecule has 0 aliphatic heterocycles. The average molecular weight is 277 g/mol. The first-order valence-corrected chi connectivity index (χ1v) is 6.72. The molecule has 0 saturated heterocycles. The molecule has 3 nitrogen and oxygen atoms in total. The van der Waals surface area contributed by atoms with Gasteiger partial charge in [-0.3, -0.25) is 9.69 Å². The summed E-state index contributed by atoms with van der Waals surface area (Å²) in [4.78, 5) is 13.1. The smallest absolute Gasteiger partial charge is 0.218 e. The van der Waals surface area contributed by atoms with Crippen molar-refractivity contribution in [3.05, 3.63) is 66.2 Å². The zero-order chi connectivity index (χ0) is 14.8. The number of fused-ring (bicyclic) bond motifs is 1. The molecule has 3 aromatic carbocycles. The van der Waals surface area contributed by atoms with Crippen molar-refractivity contribution >= 4 is 28.6 Å². The number of phenolic OH excluding ortho intramolecular Hbond substituents is 1. The van der Waals surface area contributed by atoms with E-state index in [9.17, 15) is 9.90 Å². The third kappa shape index (κ3) is 2.34. The number of carbonyl (C=O) groups excluding carboxylic acids is 1. The summed E-state index contributed by atoms with van der Waals surface area (Å²) in [5, 5.41) is 12.0. The highest BCUT2D eigenvalue weighted by Gasteiger charge is 2.15. The molecule has 3 rings (SSSR count). The van der Waals surface area contributed by atoms with Crippen LogP contribution in [-0.4, -0.2) is 11.5 Å². The second-order valence-corrected chi connectivity index (χ2v) is 4.97. The molecule has 0 radical (unpaired) electrons. The molecule has 0 bridgehead atoms. The Bertz CT molecular complexity index is 794. The van der Waals surface area contributed by atoms with Gasteiger partial charge in [0.1, 0.15) is 5.75 Å². The topological polar surface area (TPSA) is 40.5 Å². The van der Waals surface area contributed by atoms with Gasteiger partial charge in [-0.2, -0.15) is 0 Å². The Balaban J connectivity index is 2.23. The predicted octanol–water partition coefficient (Wildman–Crippen LogP) is 4.15. The molecule has 1 amide bonds. The summed E-state index contributed by atoms with van der Waals surface area (Å²) in [6.07, 6.45) is 0.728. The van der Waals surface area contributed by atoms with Gasteiger partial charge in [0, 0.05) is 11.1 Å². The molecular formula is C18H15NO2. The SMILES string of the molecule is Cc1ccc(N(C=O)c2c(O)ccc3ccccc23)cc1. The molecule has 0 heterocycles. The third-order valence-electron chi connectivity index (χ3n) is 3.54. The van der Waals surface area contributed by atoms with Crippen molar-refractivity contribution in [3.63, 3.8) is 0 Å². The molecule has 0 atom stereocenters. The van der Waals surface area contributed by atoms with E-state index < -0.39 is 0 Å². The molecule has 0 aromatic heterocycles. The Hall–Kier alpha value is -2.81. The van der Waals surface area contributed by atoms with Crippen LogP contribution in [0.1, 0.15) is 5.56 Å². The van der Waals surface area contributed by atoms with Crippen LogP contribution in [0.15, 0.2) is 60.7 Å². The minimum absolute atomic E-state index is 0.0846. The molecule has 0 fully saturated rings. The summed E-state index contributed by atoms with van der Waals surface area (Å²) in [5.41, 5.74) is 2.35. The maximum absolute atomic E-state index is 11.6. The van der Waals surface area contributed by atoms with Crippen molar-refractivity contribution in [3.8, 4) is 5.75 Å². The van der Waals surface area contributed by atoms with Crippen LogP contribution >= 0.6 is 0 Å². The lowest BCUT2D eigenvalue weighted by Gasteiger charge is -2.21. The third-order valence-corrected chi connectivity index (χ3v) is 3.54. The molecule has 21 heavy (non-hydrogen) atoms. The van der Waals surface area contributed by atoms with E-state index >= 15 is 0 Å². The molecule has 0 spiro atoms. The van der Waals surface area contributed by atoms with Crippen molar-refractivity contribution < 1.29 is 9.90 Å². The number of aryl methyl sites for hydroxylation is 1. The van der Waals surface area contributed by atoms with Gasteiger partial charge in [0.05, 0.1) is 5.69 Å². The number of nitrogens with zero attached hydrogens (tertiary/aromatic N) is 1. The highest BCUT2D eigenvalue weighted by Crippen LogP contribution is 2.38. The number of hydrogen-bond donors (Lipinski definition) is 1. The van der Waals surface area contributed by atoms with E-state index in [1.54, 1.807) is 6.07 Å². The fraction of sp³-hybridized carbons (Fsp3) is 0.0556. The zero-order valence-corrected chi connectivity index (χ0v) is 11.7. The minimum Gasteiger partial charge on any atom is -0.506 e. The molecule has 0 unspecified atom stereocenters. The van der Waals surface area contributed by atoms with Gasteiger partial charge in [-0.25, -0.2) is 0 Å². The van der Waals surface area contributed by atoms with Crippen LogP contribution < -0.4 is 4.90 Å². The van der Waals surface area contributed by atoms with Gasteiger partial charge < -0.3 is 5.11 Å². The highest BCUT2D eigenvalue weighted by atomic mass is 16.3. The van der Waals surface area contributed by atoms with Crippen molar-refractivity contribution in [1.82, 2.24) is 0 Å². The van der Waals surface area contributed by atoms with Gasteiger partial charge in [0.25, 0.3) is 0 Å². The first-order chi connectivity index (χ1) is 10.2. The zero-order valence-electron chi connectivity index (χ0n) is 11.7. The summed E-state index contributed by atoms with van der Waals surface area (Å²) in [6.45, 7) is 1.99. The van der Waals surface area contributed by atoms with E-state index in [1.165, 1.54) is 4.90 Å². The number of anilines is 2. The van der Waals surface area contributed by atoms with E-state index in [0.29, 0.717) is 5.69 Å². The summed E-state index contributed by atoms with van der Waals surface area (Å²) < 4.78 is 0. The normalized spacial score (nSPS) is 10.5. The fourth-order valence-corrected chi connectivity index (χ4v) is 2.44. The molecule has 0 aliphatic carbocycles.